The lowest BCUT2D eigenvalue weighted by atomic mass is 10.1. The maximum atomic E-state index is 12.5. The Labute approximate surface area is 126 Å². The van der Waals surface area contributed by atoms with Crippen molar-refractivity contribution < 1.29 is 13.2 Å². The molecule has 2 rings (SSSR count). The first kappa shape index (κ1) is 16.0. The van der Waals surface area contributed by atoms with Crippen LogP contribution in [0.2, 0.25) is 0 Å². The fraction of sp³-hybridized carbons (Fsp3) is 0.643. The maximum Gasteiger partial charge on any atom is 0.268 e. The largest absolute Gasteiger partial charge is 0.346 e. The number of nitrogens with one attached hydrogen (secondary N) is 1. The van der Waals surface area contributed by atoms with E-state index in [-0.39, 0.29) is 16.3 Å². The number of hydrogen-bond donors (Lipinski definition) is 1. The molecule has 0 saturated carbocycles. The summed E-state index contributed by atoms with van der Waals surface area (Å²) >= 11 is 0. The van der Waals surface area contributed by atoms with Crippen LogP contribution in [0.5, 0.6) is 0 Å². The summed E-state index contributed by atoms with van der Waals surface area (Å²) in [6, 6.07) is 1.45. The molecule has 1 fully saturated rings. The average Bonchev–Trinajstić information content (AvgIpc) is 2.94. The Morgan fingerprint density at radius 3 is 2.33 bits per heavy atom. The zero-order valence-corrected chi connectivity index (χ0v) is 13.8. The predicted octanol–water partition coefficient (Wildman–Crippen LogP) is 1.34. The molecule has 1 aliphatic heterocycles. The molecule has 2 heterocycles. The van der Waals surface area contributed by atoms with Crippen LogP contribution >= 0.6 is 0 Å². The monoisotopic (exact) mass is 313 g/mol. The van der Waals surface area contributed by atoms with Crippen molar-refractivity contribution in [2.45, 2.75) is 44.0 Å². The van der Waals surface area contributed by atoms with E-state index in [0.717, 1.165) is 12.8 Å². The standard InChI is InChI=1S/C14H23N3O3S/c1-14(2,3)15-13(18)12-9-11(10-16(12)4)21(19,20)17-7-5-6-8-17/h9-10H,5-8H2,1-4H3,(H,15,18). The number of hydrogen-bond acceptors (Lipinski definition) is 3. The number of rotatable bonds is 3. The molecule has 0 radical (unpaired) electrons. The van der Waals surface area contributed by atoms with Crippen LogP contribution in [-0.2, 0) is 17.1 Å². The second kappa shape index (κ2) is 5.46. The Hall–Kier alpha value is -1.34. The number of nitrogens with zero attached hydrogens (tertiary/aromatic N) is 2. The first-order valence-corrected chi connectivity index (χ1v) is 8.54. The quantitative estimate of drug-likeness (QED) is 0.915. The molecule has 1 aromatic heterocycles. The van der Waals surface area contributed by atoms with Crippen molar-refractivity contribution in [3.63, 3.8) is 0 Å². The SMILES string of the molecule is Cn1cc(S(=O)(=O)N2CCCC2)cc1C(=O)NC(C)(C)C. The molecule has 6 nitrogen and oxygen atoms in total. The molecule has 0 unspecified atom stereocenters. The fourth-order valence-electron chi connectivity index (χ4n) is 2.38. The van der Waals surface area contributed by atoms with E-state index in [0.29, 0.717) is 18.8 Å². The number of carbonyl (C=O) groups is 1. The minimum absolute atomic E-state index is 0.186. The van der Waals surface area contributed by atoms with Gasteiger partial charge in [0.25, 0.3) is 5.91 Å². The molecule has 0 atom stereocenters. The molecule has 1 N–H and O–H groups in total. The molecule has 1 aliphatic rings. The molecule has 0 spiro atoms. The van der Waals surface area contributed by atoms with Crippen molar-refractivity contribution in [2.24, 2.45) is 7.05 Å². The molecule has 0 aliphatic carbocycles. The van der Waals surface area contributed by atoms with Gasteiger partial charge in [0.1, 0.15) is 10.6 Å². The van der Waals surface area contributed by atoms with Crippen molar-refractivity contribution in [3.05, 3.63) is 18.0 Å². The Bertz CT molecular complexity index is 635. The van der Waals surface area contributed by atoms with Gasteiger partial charge in [0.2, 0.25) is 10.0 Å². The van der Waals surface area contributed by atoms with Gasteiger partial charge in [-0.15, -0.1) is 0 Å². The highest BCUT2D eigenvalue weighted by molar-refractivity contribution is 7.89. The molecule has 7 heteroatoms. The highest BCUT2D eigenvalue weighted by Gasteiger charge is 2.29. The third kappa shape index (κ3) is 3.47. The van der Waals surface area contributed by atoms with Gasteiger partial charge in [-0.05, 0) is 39.7 Å². The van der Waals surface area contributed by atoms with Crippen molar-refractivity contribution in [3.8, 4) is 0 Å². The summed E-state index contributed by atoms with van der Waals surface area (Å²) in [6.07, 6.45) is 3.29. The summed E-state index contributed by atoms with van der Waals surface area (Å²) in [5.74, 6) is -0.270. The van der Waals surface area contributed by atoms with Gasteiger partial charge in [0, 0.05) is 31.9 Å². The van der Waals surface area contributed by atoms with Gasteiger partial charge in [0.05, 0.1) is 0 Å². The zero-order valence-electron chi connectivity index (χ0n) is 13.0. The summed E-state index contributed by atoms with van der Waals surface area (Å²) in [5.41, 5.74) is -0.0160. The number of sulfonamides is 1. The summed E-state index contributed by atoms with van der Waals surface area (Å²) in [7, 11) is -1.80. The van der Waals surface area contributed by atoms with Gasteiger partial charge >= 0.3 is 0 Å². The van der Waals surface area contributed by atoms with Gasteiger partial charge in [-0.1, -0.05) is 0 Å². The molecule has 21 heavy (non-hydrogen) atoms. The fourth-order valence-corrected chi connectivity index (χ4v) is 3.97. The number of aryl methyl sites for hydroxylation is 1. The molecular formula is C14H23N3O3S. The van der Waals surface area contributed by atoms with Crippen LogP contribution < -0.4 is 5.32 Å². The van der Waals surface area contributed by atoms with E-state index in [1.165, 1.54) is 16.6 Å². The molecule has 1 saturated heterocycles. The molecule has 1 amide bonds. The molecule has 0 bridgehead atoms. The molecule has 1 aromatic rings. The smallest absolute Gasteiger partial charge is 0.268 e. The third-order valence-electron chi connectivity index (χ3n) is 3.40. The van der Waals surface area contributed by atoms with Gasteiger partial charge in [0.15, 0.2) is 0 Å². The highest BCUT2D eigenvalue weighted by atomic mass is 32.2. The lowest BCUT2D eigenvalue weighted by Gasteiger charge is -2.20. The number of carbonyl (C=O) groups excluding carboxylic acids is 1. The first-order chi connectivity index (χ1) is 9.61. The van der Waals surface area contributed by atoms with Crippen LogP contribution in [0.3, 0.4) is 0 Å². The highest BCUT2D eigenvalue weighted by Crippen LogP contribution is 2.22. The van der Waals surface area contributed by atoms with Gasteiger partial charge in [-0.3, -0.25) is 4.79 Å². The van der Waals surface area contributed by atoms with Crippen molar-refractivity contribution in [2.75, 3.05) is 13.1 Å². The van der Waals surface area contributed by atoms with E-state index >= 15 is 0 Å². The van der Waals surface area contributed by atoms with Crippen molar-refractivity contribution in [1.82, 2.24) is 14.2 Å². The van der Waals surface area contributed by atoms with Gasteiger partial charge in [-0.2, -0.15) is 4.31 Å². The average molecular weight is 313 g/mol. The van der Waals surface area contributed by atoms with Crippen LogP contribution in [0.15, 0.2) is 17.2 Å². The summed E-state index contributed by atoms with van der Waals surface area (Å²) in [5, 5.41) is 2.84. The van der Waals surface area contributed by atoms with Crippen molar-refractivity contribution >= 4 is 15.9 Å². The Balaban J connectivity index is 2.29. The predicted molar refractivity (Wildman–Crippen MR) is 80.6 cm³/mol. The first-order valence-electron chi connectivity index (χ1n) is 7.10. The van der Waals surface area contributed by atoms with E-state index in [4.69, 9.17) is 0 Å². The summed E-state index contributed by atoms with van der Waals surface area (Å²) in [6.45, 7) is 6.77. The normalized spacial score (nSPS) is 17.1. The van der Waals surface area contributed by atoms with Crippen LogP contribution in [0.1, 0.15) is 44.1 Å². The van der Waals surface area contributed by atoms with E-state index in [1.807, 2.05) is 20.8 Å². The summed E-state index contributed by atoms with van der Waals surface area (Å²) < 4.78 is 28.0. The van der Waals surface area contributed by atoms with Crippen LogP contribution in [0, 0.1) is 0 Å². The second-order valence-electron chi connectivity index (χ2n) is 6.49. The minimum Gasteiger partial charge on any atom is -0.346 e. The second-order valence-corrected chi connectivity index (χ2v) is 8.43. The minimum atomic E-state index is -3.49. The van der Waals surface area contributed by atoms with Crippen LogP contribution in [0.25, 0.3) is 0 Å². The van der Waals surface area contributed by atoms with Gasteiger partial charge < -0.3 is 9.88 Å². The summed E-state index contributed by atoms with van der Waals surface area (Å²) in [4.78, 5) is 12.4. The van der Waals surface area contributed by atoms with Gasteiger partial charge in [-0.25, -0.2) is 8.42 Å². The third-order valence-corrected chi connectivity index (χ3v) is 5.27. The number of aromatic nitrogens is 1. The molecule has 0 aromatic carbocycles. The van der Waals surface area contributed by atoms with Crippen LogP contribution in [0.4, 0.5) is 0 Å². The lowest BCUT2D eigenvalue weighted by Crippen LogP contribution is -2.41. The Kier molecular flexibility index (Phi) is 4.17. The van der Waals surface area contributed by atoms with E-state index in [9.17, 15) is 13.2 Å². The Morgan fingerprint density at radius 1 is 1.24 bits per heavy atom. The number of amides is 1. The van der Waals surface area contributed by atoms with Crippen LogP contribution in [-0.4, -0.2) is 41.8 Å². The zero-order chi connectivity index (χ0) is 15.8. The Morgan fingerprint density at radius 2 is 1.81 bits per heavy atom. The topological polar surface area (TPSA) is 71.4 Å². The molecule has 118 valence electrons. The van der Waals surface area contributed by atoms with E-state index < -0.39 is 10.0 Å². The van der Waals surface area contributed by atoms with Crippen molar-refractivity contribution in [1.29, 1.82) is 0 Å². The maximum absolute atomic E-state index is 12.5. The lowest BCUT2D eigenvalue weighted by molar-refractivity contribution is 0.0911. The molecular weight excluding hydrogens is 290 g/mol. The van der Waals surface area contributed by atoms with E-state index in [1.54, 1.807) is 11.6 Å². The van der Waals surface area contributed by atoms with E-state index in [2.05, 4.69) is 5.32 Å².